The van der Waals surface area contributed by atoms with E-state index in [0.717, 1.165) is 5.56 Å². The number of carbonyl (C=O) groups excluding carboxylic acids is 2. The van der Waals surface area contributed by atoms with Gasteiger partial charge in [0.1, 0.15) is 12.4 Å². The number of methoxy groups -OCH3 is 2. The van der Waals surface area contributed by atoms with Gasteiger partial charge in [0.25, 0.3) is 0 Å². The number of amides is 2. The van der Waals surface area contributed by atoms with Gasteiger partial charge in [-0.3, -0.25) is 9.59 Å². The highest BCUT2D eigenvalue weighted by molar-refractivity contribution is 5.96. The van der Waals surface area contributed by atoms with E-state index in [-0.39, 0.29) is 18.2 Å². The molecule has 7 nitrogen and oxygen atoms in total. The van der Waals surface area contributed by atoms with E-state index in [1.807, 2.05) is 6.07 Å². The van der Waals surface area contributed by atoms with Crippen molar-refractivity contribution >= 4 is 23.2 Å². The highest BCUT2D eigenvalue weighted by Gasteiger charge is 2.21. The third-order valence-corrected chi connectivity index (χ3v) is 4.30. The van der Waals surface area contributed by atoms with Crippen LogP contribution in [-0.4, -0.2) is 39.2 Å². The average Bonchev–Trinajstić information content (AvgIpc) is 2.66. The lowest BCUT2D eigenvalue weighted by atomic mass is 10.1. The molecule has 0 aliphatic carbocycles. The first-order chi connectivity index (χ1) is 13.0. The van der Waals surface area contributed by atoms with Crippen LogP contribution in [0.1, 0.15) is 12.5 Å². The van der Waals surface area contributed by atoms with Crippen LogP contribution in [0.15, 0.2) is 36.4 Å². The van der Waals surface area contributed by atoms with Crippen molar-refractivity contribution < 1.29 is 23.8 Å². The normalized spacial score (nSPS) is 12.6. The van der Waals surface area contributed by atoms with Crippen LogP contribution in [0.4, 0.5) is 11.4 Å². The lowest BCUT2D eigenvalue weighted by molar-refractivity contribution is -0.117. The summed E-state index contributed by atoms with van der Waals surface area (Å²) < 4.78 is 16.1. The van der Waals surface area contributed by atoms with Crippen molar-refractivity contribution in [2.24, 2.45) is 0 Å². The molecule has 0 saturated carbocycles. The van der Waals surface area contributed by atoms with Gasteiger partial charge >= 0.3 is 0 Å². The Hall–Kier alpha value is -3.22. The number of anilines is 2. The molecule has 2 aromatic carbocycles. The van der Waals surface area contributed by atoms with E-state index in [2.05, 4.69) is 5.32 Å². The van der Waals surface area contributed by atoms with Crippen molar-refractivity contribution in [2.45, 2.75) is 13.3 Å². The van der Waals surface area contributed by atoms with Crippen LogP contribution in [0.25, 0.3) is 0 Å². The molecular formula is C20H22N2O5. The third kappa shape index (κ3) is 4.13. The summed E-state index contributed by atoms with van der Waals surface area (Å²) in [6.07, 6.45) is 0.192. The molecule has 7 heteroatoms. The molecule has 0 atom stereocenters. The maximum atomic E-state index is 12.4. The van der Waals surface area contributed by atoms with E-state index in [4.69, 9.17) is 14.2 Å². The van der Waals surface area contributed by atoms with Crippen molar-refractivity contribution in [3.63, 3.8) is 0 Å². The number of hydrogen-bond acceptors (Lipinski definition) is 5. The fourth-order valence-electron chi connectivity index (χ4n) is 3.01. The van der Waals surface area contributed by atoms with E-state index in [9.17, 15) is 9.59 Å². The van der Waals surface area contributed by atoms with Crippen LogP contribution >= 0.6 is 0 Å². The Labute approximate surface area is 157 Å². The molecule has 1 N–H and O–H groups in total. The largest absolute Gasteiger partial charge is 0.493 e. The number of hydrogen-bond donors (Lipinski definition) is 1. The van der Waals surface area contributed by atoms with Crippen molar-refractivity contribution in [1.82, 2.24) is 0 Å². The summed E-state index contributed by atoms with van der Waals surface area (Å²) in [5.74, 6) is 1.57. The Balaban J connectivity index is 1.71. The monoisotopic (exact) mass is 370 g/mol. The Morgan fingerprint density at radius 1 is 1.11 bits per heavy atom. The maximum Gasteiger partial charge on any atom is 0.228 e. The standard InChI is InChI=1S/C20H22N2O5/c1-13(23)22-8-9-27-18-12-15(5-6-16(18)22)21-20(24)11-14-4-7-17(25-2)19(10-14)26-3/h4-7,10,12H,8-9,11H2,1-3H3,(H,21,24). The molecule has 1 heterocycles. The van der Waals surface area contributed by atoms with Crippen molar-refractivity contribution in [1.29, 1.82) is 0 Å². The maximum absolute atomic E-state index is 12.4. The summed E-state index contributed by atoms with van der Waals surface area (Å²) in [6.45, 7) is 2.47. The predicted octanol–water partition coefficient (Wildman–Crippen LogP) is 2.63. The van der Waals surface area contributed by atoms with Gasteiger partial charge in [0.05, 0.1) is 32.9 Å². The number of rotatable bonds is 5. The van der Waals surface area contributed by atoms with Crippen LogP contribution in [0.5, 0.6) is 17.2 Å². The average molecular weight is 370 g/mol. The first kappa shape index (κ1) is 18.6. The highest BCUT2D eigenvalue weighted by Crippen LogP contribution is 2.34. The first-order valence-electron chi connectivity index (χ1n) is 8.57. The topological polar surface area (TPSA) is 77.1 Å². The van der Waals surface area contributed by atoms with E-state index in [1.165, 1.54) is 6.92 Å². The molecule has 2 amide bonds. The first-order valence-corrected chi connectivity index (χ1v) is 8.57. The molecule has 1 aliphatic rings. The predicted molar refractivity (Wildman–Crippen MR) is 102 cm³/mol. The van der Waals surface area contributed by atoms with Gasteiger partial charge in [0.15, 0.2) is 11.5 Å². The zero-order valence-electron chi connectivity index (χ0n) is 15.6. The van der Waals surface area contributed by atoms with E-state index in [1.54, 1.807) is 49.5 Å². The van der Waals surface area contributed by atoms with Gasteiger partial charge in [-0.1, -0.05) is 6.07 Å². The highest BCUT2D eigenvalue weighted by atomic mass is 16.5. The third-order valence-electron chi connectivity index (χ3n) is 4.30. The quantitative estimate of drug-likeness (QED) is 0.876. The summed E-state index contributed by atoms with van der Waals surface area (Å²) in [4.78, 5) is 25.8. The number of nitrogens with zero attached hydrogens (tertiary/aromatic N) is 1. The van der Waals surface area contributed by atoms with Gasteiger partial charge in [-0.25, -0.2) is 0 Å². The molecule has 2 aromatic rings. The summed E-state index contributed by atoms with van der Waals surface area (Å²) >= 11 is 0. The number of nitrogens with one attached hydrogen (secondary N) is 1. The second kappa shape index (κ2) is 7.99. The van der Waals surface area contributed by atoms with E-state index >= 15 is 0 Å². The molecule has 27 heavy (non-hydrogen) atoms. The minimum absolute atomic E-state index is 0.0372. The minimum atomic E-state index is -0.165. The van der Waals surface area contributed by atoms with Crippen molar-refractivity contribution in [3.05, 3.63) is 42.0 Å². The van der Waals surface area contributed by atoms with Crippen LogP contribution in [-0.2, 0) is 16.0 Å². The molecule has 142 valence electrons. The SMILES string of the molecule is COc1ccc(CC(=O)Nc2ccc3c(c2)OCCN3C(C)=O)cc1OC. The molecule has 1 aliphatic heterocycles. The Morgan fingerprint density at radius 3 is 2.59 bits per heavy atom. The van der Waals surface area contributed by atoms with Gasteiger partial charge in [-0.05, 0) is 29.8 Å². The molecule has 0 radical (unpaired) electrons. The Kier molecular flexibility index (Phi) is 5.49. The molecule has 0 spiro atoms. The molecule has 3 rings (SSSR count). The number of benzene rings is 2. The second-order valence-electron chi connectivity index (χ2n) is 6.12. The molecule has 0 aromatic heterocycles. The van der Waals surface area contributed by atoms with Gasteiger partial charge < -0.3 is 24.4 Å². The smallest absolute Gasteiger partial charge is 0.228 e. The molecule has 0 bridgehead atoms. The molecule has 0 saturated heterocycles. The van der Waals surface area contributed by atoms with Gasteiger partial charge in [-0.2, -0.15) is 0 Å². The zero-order valence-corrected chi connectivity index (χ0v) is 15.6. The van der Waals surface area contributed by atoms with Crippen LogP contribution in [0, 0.1) is 0 Å². The summed E-state index contributed by atoms with van der Waals surface area (Å²) in [6, 6.07) is 10.6. The summed E-state index contributed by atoms with van der Waals surface area (Å²) in [5, 5.41) is 2.86. The number of ether oxygens (including phenoxy) is 3. The Bertz CT molecular complexity index is 865. The van der Waals surface area contributed by atoms with E-state index in [0.29, 0.717) is 41.8 Å². The van der Waals surface area contributed by atoms with Crippen LogP contribution < -0.4 is 24.4 Å². The van der Waals surface area contributed by atoms with Gasteiger partial charge in [0, 0.05) is 18.7 Å². The Morgan fingerprint density at radius 2 is 1.89 bits per heavy atom. The lowest BCUT2D eigenvalue weighted by Gasteiger charge is -2.29. The van der Waals surface area contributed by atoms with Gasteiger partial charge in [-0.15, -0.1) is 0 Å². The lowest BCUT2D eigenvalue weighted by Crippen LogP contribution is -2.36. The molecule has 0 unspecified atom stereocenters. The molecule has 0 fully saturated rings. The van der Waals surface area contributed by atoms with E-state index < -0.39 is 0 Å². The van der Waals surface area contributed by atoms with Gasteiger partial charge in [0.2, 0.25) is 11.8 Å². The van der Waals surface area contributed by atoms with Crippen LogP contribution in [0.3, 0.4) is 0 Å². The summed E-state index contributed by atoms with van der Waals surface area (Å²) in [7, 11) is 3.12. The fourth-order valence-corrected chi connectivity index (χ4v) is 3.01. The fraction of sp³-hybridized carbons (Fsp3) is 0.300. The van der Waals surface area contributed by atoms with Crippen molar-refractivity contribution in [2.75, 3.05) is 37.6 Å². The van der Waals surface area contributed by atoms with Crippen LogP contribution in [0.2, 0.25) is 0 Å². The molecular weight excluding hydrogens is 348 g/mol. The minimum Gasteiger partial charge on any atom is -0.493 e. The summed E-state index contributed by atoms with van der Waals surface area (Å²) in [5.41, 5.74) is 2.14. The van der Waals surface area contributed by atoms with Crippen molar-refractivity contribution in [3.8, 4) is 17.2 Å². The second-order valence-corrected chi connectivity index (χ2v) is 6.12. The number of carbonyl (C=O) groups is 2. The zero-order chi connectivity index (χ0) is 19.4. The number of fused-ring (bicyclic) bond motifs is 1.